The highest BCUT2D eigenvalue weighted by atomic mass is 28.4. The van der Waals surface area contributed by atoms with Crippen molar-refractivity contribution in [3.8, 4) is 0 Å². The number of hydrogen-bond donors (Lipinski definition) is 0. The third-order valence-electron chi connectivity index (χ3n) is 3.81. The van der Waals surface area contributed by atoms with Gasteiger partial charge in [0.15, 0.2) is 8.32 Å². The van der Waals surface area contributed by atoms with E-state index >= 15 is 0 Å². The van der Waals surface area contributed by atoms with E-state index in [9.17, 15) is 9.59 Å². The smallest absolute Gasteiger partial charge is 0.331 e. The molecule has 0 heterocycles. The molecule has 0 amide bonds. The molecule has 0 spiro atoms. The van der Waals surface area contributed by atoms with Gasteiger partial charge in [0, 0.05) is 0 Å². The van der Waals surface area contributed by atoms with Crippen molar-refractivity contribution in [1.82, 2.24) is 0 Å². The van der Waals surface area contributed by atoms with Gasteiger partial charge >= 0.3 is 11.9 Å². The first kappa shape index (κ1) is 19.1. The molecule has 1 unspecified atom stereocenters. The first-order valence-electron chi connectivity index (χ1n) is 8.05. The van der Waals surface area contributed by atoms with Crippen molar-refractivity contribution in [2.45, 2.75) is 25.7 Å². The zero-order chi connectivity index (χ0) is 18.7. The third-order valence-corrected chi connectivity index (χ3v) is 4.77. The maximum absolute atomic E-state index is 12.2. The van der Waals surface area contributed by atoms with Crippen LogP contribution in [-0.4, -0.2) is 40.6 Å². The van der Waals surface area contributed by atoms with Gasteiger partial charge in [-0.05, 0) is 36.9 Å². The fourth-order valence-electron chi connectivity index (χ4n) is 2.61. The van der Waals surface area contributed by atoms with Gasteiger partial charge in [-0.2, -0.15) is 0 Å². The Bertz CT molecular complexity index is 684. The summed E-state index contributed by atoms with van der Waals surface area (Å²) in [5.41, 5.74) is 0.116. The molecule has 2 rings (SSSR count). The molecular formula is C19H24O5Si. The Hall–Kier alpha value is -2.18. The predicted octanol–water partition coefficient (Wildman–Crippen LogP) is 3.19. The first-order valence-corrected chi connectivity index (χ1v) is 11.5. The quantitative estimate of drug-likeness (QED) is 0.323. The van der Waals surface area contributed by atoms with Crippen LogP contribution in [0, 0.1) is 5.41 Å². The first-order chi connectivity index (χ1) is 11.7. The summed E-state index contributed by atoms with van der Waals surface area (Å²) in [5.74, 6) is -1.29. The topological polar surface area (TPSA) is 61.8 Å². The van der Waals surface area contributed by atoms with Crippen LogP contribution in [0.2, 0.25) is 19.6 Å². The van der Waals surface area contributed by atoms with E-state index in [2.05, 4.69) is 19.6 Å². The number of hydrogen-bond acceptors (Lipinski definition) is 5. The second kappa shape index (κ2) is 7.37. The van der Waals surface area contributed by atoms with E-state index in [0.29, 0.717) is 5.57 Å². The lowest BCUT2D eigenvalue weighted by molar-refractivity contribution is -0.160. The third kappa shape index (κ3) is 4.27. The molecule has 0 N–H and O–H groups in total. The van der Waals surface area contributed by atoms with Gasteiger partial charge in [-0.15, -0.1) is 0 Å². The van der Waals surface area contributed by atoms with Gasteiger partial charge in [-0.1, -0.05) is 42.5 Å². The molecule has 5 nitrogen and oxygen atoms in total. The van der Waals surface area contributed by atoms with Crippen LogP contribution in [0.25, 0.3) is 6.08 Å². The summed E-state index contributed by atoms with van der Waals surface area (Å²) < 4.78 is 15.8. The van der Waals surface area contributed by atoms with E-state index in [1.165, 1.54) is 14.2 Å². The number of methoxy groups -OCH3 is 2. The van der Waals surface area contributed by atoms with Gasteiger partial charge < -0.3 is 13.9 Å². The molecule has 0 bridgehead atoms. The van der Waals surface area contributed by atoms with Gasteiger partial charge in [0.05, 0.1) is 20.3 Å². The SMILES string of the molecule is COC(=O)C1(C(=O)OC)C=C1C(/C=C/c1ccccc1)O[Si](C)(C)C. The maximum atomic E-state index is 12.2. The molecular weight excluding hydrogens is 336 g/mol. The Balaban J connectivity index is 2.30. The lowest BCUT2D eigenvalue weighted by atomic mass is 9.97. The molecule has 0 aliphatic heterocycles. The molecule has 0 aromatic heterocycles. The number of benzene rings is 1. The van der Waals surface area contributed by atoms with Gasteiger partial charge in [0.25, 0.3) is 0 Å². The minimum Gasteiger partial charge on any atom is -0.468 e. The fourth-order valence-corrected chi connectivity index (χ4v) is 3.58. The van der Waals surface area contributed by atoms with Crippen molar-refractivity contribution in [1.29, 1.82) is 0 Å². The molecule has 1 aliphatic rings. The summed E-state index contributed by atoms with van der Waals surface area (Å²) in [6.45, 7) is 6.16. The van der Waals surface area contributed by atoms with Crippen molar-refractivity contribution >= 4 is 26.3 Å². The molecule has 1 aliphatic carbocycles. The predicted molar refractivity (Wildman–Crippen MR) is 98.2 cm³/mol. The highest BCUT2D eigenvalue weighted by Crippen LogP contribution is 2.50. The van der Waals surface area contributed by atoms with Crippen LogP contribution in [0.3, 0.4) is 0 Å². The molecule has 0 fully saturated rings. The van der Waals surface area contributed by atoms with E-state index < -0.39 is 31.8 Å². The van der Waals surface area contributed by atoms with Crippen LogP contribution >= 0.6 is 0 Å². The zero-order valence-corrected chi connectivity index (χ0v) is 16.2. The van der Waals surface area contributed by atoms with Crippen LogP contribution in [0.15, 0.2) is 48.1 Å². The van der Waals surface area contributed by atoms with E-state index in [-0.39, 0.29) is 0 Å². The molecule has 1 atom stereocenters. The summed E-state index contributed by atoms with van der Waals surface area (Å²) in [4.78, 5) is 24.4. The van der Waals surface area contributed by atoms with Crippen molar-refractivity contribution in [2.24, 2.45) is 5.41 Å². The standard InChI is InChI=1S/C19H24O5Si/c1-22-17(20)19(18(21)23-2)13-15(19)16(24-25(3,4)5)12-11-14-9-7-6-8-10-14/h6-13,16H,1-5H3/b12-11+. The largest absolute Gasteiger partial charge is 0.468 e. The van der Waals surface area contributed by atoms with Crippen molar-refractivity contribution in [2.75, 3.05) is 14.2 Å². The highest BCUT2D eigenvalue weighted by Gasteiger charge is 2.62. The summed E-state index contributed by atoms with van der Waals surface area (Å²) >= 11 is 0. The molecule has 1 aromatic carbocycles. The number of esters is 2. The summed E-state index contributed by atoms with van der Waals surface area (Å²) in [6, 6.07) is 9.76. The molecule has 134 valence electrons. The average Bonchev–Trinajstić information content (AvgIpc) is 3.34. The summed E-state index contributed by atoms with van der Waals surface area (Å²) in [6.07, 6.45) is 4.88. The average molecular weight is 360 g/mol. The second-order valence-corrected chi connectivity index (χ2v) is 11.3. The molecule has 6 heteroatoms. The van der Waals surface area contributed by atoms with E-state index in [1.54, 1.807) is 6.08 Å². The highest BCUT2D eigenvalue weighted by molar-refractivity contribution is 6.69. The Morgan fingerprint density at radius 1 is 1.04 bits per heavy atom. The van der Waals surface area contributed by atoms with E-state index in [1.807, 2.05) is 42.5 Å². The minimum atomic E-state index is -1.93. The Morgan fingerprint density at radius 3 is 2.08 bits per heavy atom. The Morgan fingerprint density at radius 2 is 1.60 bits per heavy atom. The van der Waals surface area contributed by atoms with Crippen LogP contribution in [0.5, 0.6) is 0 Å². The lowest BCUT2D eigenvalue weighted by Gasteiger charge is -2.25. The van der Waals surface area contributed by atoms with E-state index in [0.717, 1.165) is 5.56 Å². The molecule has 0 radical (unpaired) electrons. The van der Waals surface area contributed by atoms with Crippen LogP contribution in [0.1, 0.15) is 5.56 Å². The Kier molecular flexibility index (Phi) is 5.64. The lowest BCUT2D eigenvalue weighted by Crippen LogP contribution is -2.37. The summed E-state index contributed by atoms with van der Waals surface area (Å²) in [5, 5.41) is 0. The van der Waals surface area contributed by atoms with Crippen LogP contribution < -0.4 is 0 Å². The van der Waals surface area contributed by atoms with Gasteiger partial charge in [-0.3, -0.25) is 9.59 Å². The van der Waals surface area contributed by atoms with Crippen LogP contribution in [-0.2, 0) is 23.5 Å². The van der Waals surface area contributed by atoms with Gasteiger partial charge in [0.1, 0.15) is 0 Å². The Labute approximate surface area is 149 Å². The van der Waals surface area contributed by atoms with Gasteiger partial charge in [-0.25, -0.2) is 0 Å². The zero-order valence-electron chi connectivity index (χ0n) is 15.2. The van der Waals surface area contributed by atoms with Crippen LogP contribution in [0.4, 0.5) is 0 Å². The van der Waals surface area contributed by atoms with Crippen molar-refractivity contribution in [3.05, 3.63) is 53.6 Å². The normalized spacial score (nSPS) is 16.9. The molecule has 0 saturated carbocycles. The molecule has 25 heavy (non-hydrogen) atoms. The number of rotatable bonds is 7. The number of ether oxygens (including phenoxy) is 2. The summed E-state index contributed by atoms with van der Waals surface area (Å²) in [7, 11) is 0.580. The van der Waals surface area contributed by atoms with Gasteiger partial charge in [0.2, 0.25) is 5.41 Å². The van der Waals surface area contributed by atoms with Crippen molar-refractivity contribution < 1.29 is 23.5 Å². The fraction of sp³-hybridized carbons (Fsp3) is 0.368. The number of carbonyl (C=O) groups is 2. The molecule has 1 aromatic rings. The number of carbonyl (C=O) groups excluding carboxylic acids is 2. The monoisotopic (exact) mass is 360 g/mol. The van der Waals surface area contributed by atoms with E-state index in [4.69, 9.17) is 13.9 Å². The van der Waals surface area contributed by atoms with Crippen molar-refractivity contribution in [3.63, 3.8) is 0 Å². The second-order valence-electron chi connectivity index (χ2n) is 6.81. The molecule has 0 saturated heterocycles. The maximum Gasteiger partial charge on any atom is 0.331 e. The minimum absolute atomic E-state index is 0.481.